The number of pyridine rings is 1. The number of aromatic nitrogens is 1. The molecule has 0 unspecified atom stereocenters. The molecule has 2 aromatic rings. The third kappa shape index (κ3) is 5.30. The SMILES string of the molecule is O=C(O)[C@@H](c1ccc(C(F)(F)F)cc1)N1CC(N2CC(CCCc3ccc4c(n3)NCCC4)C2)C1. The Morgan fingerprint density at radius 2 is 1.86 bits per heavy atom. The maximum absolute atomic E-state index is 12.8. The quantitative estimate of drug-likeness (QED) is 0.580. The minimum absolute atomic E-state index is 0.316. The zero-order valence-corrected chi connectivity index (χ0v) is 19.6. The number of likely N-dealkylation sites (tertiary alicyclic amines) is 2. The van der Waals surface area contributed by atoms with Crippen molar-refractivity contribution in [2.24, 2.45) is 5.92 Å². The second-order valence-electron chi connectivity index (χ2n) is 10.0. The lowest BCUT2D eigenvalue weighted by molar-refractivity contribution is -0.148. The molecule has 1 aromatic heterocycles. The molecule has 2 fully saturated rings. The highest BCUT2D eigenvalue weighted by molar-refractivity contribution is 5.75. The van der Waals surface area contributed by atoms with Gasteiger partial charge < -0.3 is 10.4 Å². The minimum atomic E-state index is -4.43. The highest BCUT2D eigenvalue weighted by atomic mass is 19.4. The Morgan fingerprint density at radius 1 is 1.11 bits per heavy atom. The summed E-state index contributed by atoms with van der Waals surface area (Å²) in [6.45, 7) is 4.29. The third-order valence-electron chi connectivity index (χ3n) is 7.54. The van der Waals surface area contributed by atoms with Gasteiger partial charge in [-0.3, -0.25) is 14.6 Å². The Kier molecular flexibility index (Phi) is 6.72. The van der Waals surface area contributed by atoms with Crippen LogP contribution in [0.3, 0.4) is 0 Å². The van der Waals surface area contributed by atoms with Crippen LogP contribution >= 0.6 is 0 Å². The Hall–Kier alpha value is -2.65. The van der Waals surface area contributed by atoms with Crippen molar-refractivity contribution in [2.45, 2.75) is 50.4 Å². The van der Waals surface area contributed by atoms with Crippen LogP contribution in [0.1, 0.15) is 47.7 Å². The van der Waals surface area contributed by atoms with Crippen LogP contribution in [0.25, 0.3) is 0 Å². The molecule has 0 bridgehead atoms. The van der Waals surface area contributed by atoms with Gasteiger partial charge in [-0.25, -0.2) is 4.98 Å². The van der Waals surface area contributed by atoms with Gasteiger partial charge in [-0.2, -0.15) is 13.2 Å². The number of aliphatic carboxylic acids is 1. The highest BCUT2D eigenvalue weighted by Gasteiger charge is 2.43. The molecule has 3 aliphatic rings. The van der Waals surface area contributed by atoms with Gasteiger partial charge in [0.15, 0.2) is 0 Å². The van der Waals surface area contributed by atoms with Gasteiger partial charge in [-0.15, -0.1) is 0 Å². The molecule has 1 aromatic carbocycles. The molecule has 0 amide bonds. The number of carbonyl (C=O) groups is 1. The smallest absolute Gasteiger partial charge is 0.416 e. The lowest BCUT2D eigenvalue weighted by Gasteiger charge is -2.53. The Morgan fingerprint density at radius 3 is 2.54 bits per heavy atom. The van der Waals surface area contributed by atoms with E-state index in [0.29, 0.717) is 30.6 Å². The van der Waals surface area contributed by atoms with Crippen molar-refractivity contribution in [1.29, 1.82) is 0 Å². The summed E-state index contributed by atoms with van der Waals surface area (Å²) in [6, 6.07) is 8.23. The molecule has 4 heterocycles. The van der Waals surface area contributed by atoms with Crippen molar-refractivity contribution < 1.29 is 23.1 Å². The summed E-state index contributed by atoms with van der Waals surface area (Å²) < 4.78 is 38.5. The number of anilines is 1. The van der Waals surface area contributed by atoms with Gasteiger partial charge in [-0.1, -0.05) is 18.2 Å². The van der Waals surface area contributed by atoms with E-state index in [9.17, 15) is 23.1 Å². The topological polar surface area (TPSA) is 68.7 Å². The first kappa shape index (κ1) is 24.1. The number of benzene rings is 1. The molecule has 188 valence electrons. The molecule has 0 radical (unpaired) electrons. The average Bonchev–Trinajstić information content (AvgIpc) is 2.77. The Labute approximate surface area is 203 Å². The minimum Gasteiger partial charge on any atom is -0.480 e. The summed E-state index contributed by atoms with van der Waals surface area (Å²) in [5, 5.41) is 13.1. The zero-order valence-electron chi connectivity index (χ0n) is 19.6. The molecule has 6 nitrogen and oxygen atoms in total. The Bertz CT molecular complexity index is 1050. The molecule has 1 atom stereocenters. The fourth-order valence-corrected chi connectivity index (χ4v) is 5.46. The number of fused-ring (bicyclic) bond motifs is 1. The molecular weight excluding hydrogens is 457 g/mol. The predicted octanol–water partition coefficient (Wildman–Crippen LogP) is 4.22. The molecule has 35 heavy (non-hydrogen) atoms. The lowest BCUT2D eigenvalue weighted by Crippen LogP contribution is -2.66. The number of carboxylic acid groups (broad SMARTS) is 1. The van der Waals surface area contributed by atoms with Crippen LogP contribution in [0, 0.1) is 5.92 Å². The molecule has 0 aliphatic carbocycles. The second kappa shape index (κ2) is 9.78. The maximum atomic E-state index is 12.8. The summed E-state index contributed by atoms with van der Waals surface area (Å²) in [4.78, 5) is 20.9. The van der Waals surface area contributed by atoms with Gasteiger partial charge in [0.1, 0.15) is 11.9 Å². The number of nitrogens with one attached hydrogen (secondary N) is 1. The molecule has 5 rings (SSSR count). The van der Waals surface area contributed by atoms with Crippen molar-refractivity contribution in [1.82, 2.24) is 14.8 Å². The van der Waals surface area contributed by atoms with E-state index in [1.165, 1.54) is 17.7 Å². The fraction of sp³-hybridized carbons (Fsp3) is 0.538. The predicted molar refractivity (Wildman–Crippen MR) is 126 cm³/mol. The number of aryl methyl sites for hydroxylation is 2. The number of halogens is 3. The van der Waals surface area contributed by atoms with Crippen LogP contribution < -0.4 is 5.32 Å². The number of carboxylic acids is 1. The molecule has 0 spiro atoms. The normalized spacial score (nSPS) is 20.4. The van der Waals surface area contributed by atoms with E-state index in [4.69, 9.17) is 4.98 Å². The van der Waals surface area contributed by atoms with E-state index in [0.717, 1.165) is 75.4 Å². The average molecular weight is 489 g/mol. The van der Waals surface area contributed by atoms with E-state index in [1.807, 2.05) is 4.90 Å². The van der Waals surface area contributed by atoms with E-state index in [1.54, 1.807) is 0 Å². The largest absolute Gasteiger partial charge is 0.480 e. The van der Waals surface area contributed by atoms with Crippen LogP contribution in [-0.2, 0) is 23.8 Å². The first-order valence-electron chi connectivity index (χ1n) is 12.4. The monoisotopic (exact) mass is 488 g/mol. The number of rotatable bonds is 8. The van der Waals surface area contributed by atoms with E-state index >= 15 is 0 Å². The van der Waals surface area contributed by atoms with E-state index in [2.05, 4.69) is 22.3 Å². The third-order valence-corrected chi connectivity index (χ3v) is 7.54. The maximum Gasteiger partial charge on any atom is 0.416 e. The number of hydrogen-bond donors (Lipinski definition) is 2. The van der Waals surface area contributed by atoms with Gasteiger partial charge in [0.05, 0.1) is 5.56 Å². The number of alkyl halides is 3. The zero-order chi connectivity index (χ0) is 24.6. The van der Waals surface area contributed by atoms with Crippen LogP contribution in [0.15, 0.2) is 36.4 Å². The first-order chi connectivity index (χ1) is 16.8. The van der Waals surface area contributed by atoms with Crippen LogP contribution in [0.2, 0.25) is 0 Å². The second-order valence-corrected chi connectivity index (χ2v) is 10.0. The van der Waals surface area contributed by atoms with Gasteiger partial charge in [0.25, 0.3) is 0 Å². The van der Waals surface area contributed by atoms with Gasteiger partial charge in [0.2, 0.25) is 0 Å². The van der Waals surface area contributed by atoms with E-state index < -0.39 is 23.8 Å². The molecule has 2 saturated heterocycles. The van der Waals surface area contributed by atoms with Crippen molar-refractivity contribution in [2.75, 3.05) is 38.0 Å². The summed E-state index contributed by atoms with van der Waals surface area (Å²) in [6.07, 6.45) is 1.08. The highest BCUT2D eigenvalue weighted by Crippen LogP contribution is 2.35. The lowest BCUT2D eigenvalue weighted by atomic mass is 9.89. The summed E-state index contributed by atoms with van der Waals surface area (Å²) in [7, 11) is 0. The fourth-order valence-electron chi connectivity index (χ4n) is 5.46. The van der Waals surface area contributed by atoms with Crippen molar-refractivity contribution in [3.8, 4) is 0 Å². The van der Waals surface area contributed by atoms with Gasteiger partial charge in [0, 0.05) is 44.5 Å². The molecule has 2 N–H and O–H groups in total. The Balaban J connectivity index is 1.05. The van der Waals surface area contributed by atoms with Crippen molar-refractivity contribution in [3.05, 3.63) is 58.8 Å². The number of hydrogen-bond acceptors (Lipinski definition) is 5. The van der Waals surface area contributed by atoms with E-state index in [-0.39, 0.29) is 0 Å². The van der Waals surface area contributed by atoms with Crippen LogP contribution in [0.5, 0.6) is 0 Å². The molecular formula is C26H31F3N4O2. The molecule has 9 heteroatoms. The van der Waals surface area contributed by atoms with Gasteiger partial charge in [-0.05, 0) is 67.3 Å². The number of nitrogens with zero attached hydrogens (tertiary/aromatic N) is 3. The van der Waals surface area contributed by atoms with Crippen molar-refractivity contribution >= 4 is 11.8 Å². The van der Waals surface area contributed by atoms with Crippen LogP contribution in [-0.4, -0.2) is 64.6 Å². The standard InChI is InChI=1S/C26H31F3N4O2/c27-26(28,29)20-9-6-18(7-10-20)23(25(34)35)33-15-22(16-33)32-13-17(14-32)3-1-5-21-11-8-19-4-2-12-30-24(19)31-21/h6-11,17,22-23H,1-5,12-16H2,(H,30,31)(H,34,35)/t23-/m1/s1. The molecule has 0 saturated carbocycles. The first-order valence-corrected chi connectivity index (χ1v) is 12.4. The summed E-state index contributed by atoms with van der Waals surface area (Å²) in [5.74, 6) is 0.676. The van der Waals surface area contributed by atoms with Gasteiger partial charge >= 0.3 is 12.1 Å². The van der Waals surface area contributed by atoms with Crippen LogP contribution in [0.4, 0.5) is 19.0 Å². The molecule has 3 aliphatic heterocycles. The summed E-state index contributed by atoms with van der Waals surface area (Å²) in [5.41, 5.74) is 2.08. The summed E-state index contributed by atoms with van der Waals surface area (Å²) >= 11 is 0. The van der Waals surface area contributed by atoms with Crippen molar-refractivity contribution in [3.63, 3.8) is 0 Å².